The van der Waals surface area contributed by atoms with Crippen LogP contribution in [-0.2, 0) is 24.4 Å². The van der Waals surface area contributed by atoms with Crippen molar-refractivity contribution < 1.29 is 27.5 Å². The van der Waals surface area contributed by atoms with Gasteiger partial charge >= 0.3 is 0 Å². The highest BCUT2D eigenvalue weighted by molar-refractivity contribution is 7.89. The first-order chi connectivity index (χ1) is 15.8. The second-order valence-electron chi connectivity index (χ2n) is 7.78. The number of sulfonamides is 1. The Labute approximate surface area is 191 Å². The summed E-state index contributed by atoms with van der Waals surface area (Å²) in [6, 6.07) is 13.0. The van der Waals surface area contributed by atoms with E-state index in [4.69, 9.17) is 4.74 Å². The van der Waals surface area contributed by atoms with E-state index in [9.17, 15) is 22.8 Å². The number of amides is 3. The third-order valence-electron chi connectivity index (χ3n) is 5.61. The van der Waals surface area contributed by atoms with Crippen molar-refractivity contribution in [2.24, 2.45) is 5.92 Å². The SMILES string of the molecule is COc1ccccc1N1CC(C(=O)Nc2cccc(S(=O)(=O)N3CCNC(=O)C3)c2)CC1=O. The molecular weight excluding hydrogens is 448 g/mol. The molecule has 2 N–H and O–H groups in total. The van der Waals surface area contributed by atoms with Crippen molar-refractivity contribution >= 4 is 39.1 Å². The van der Waals surface area contributed by atoms with Crippen LogP contribution < -0.4 is 20.3 Å². The van der Waals surface area contributed by atoms with Gasteiger partial charge in [-0.05, 0) is 30.3 Å². The molecule has 0 radical (unpaired) electrons. The minimum Gasteiger partial charge on any atom is -0.495 e. The predicted octanol–water partition coefficient (Wildman–Crippen LogP) is 0.807. The quantitative estimate of drug-likeness (QED) is 0.641. The molecule has 0 aliphatic carbocycles. The molecule has 2 aromatic rings. The third-order valence-corrected chi connectivity index (χ3v) is 7.46. The second kappa shape index (κ2) is 9.20. The Bertz CT molecular complexity index is 1200. The summed E-state index contributed by atoms with van der Waals surface area (Å²) in [4.78, 5) is 38.5. The van der Waals surface area contributed by atoms with Crippen LogP contribution in [0.4, 0.5) is 11.4 Å². The van der Waals surface area contributed by atoms with E-state index in [0.717, 1.165) is 4.31 Å². The molecule has 4 rings (SSSR count). The average molecular weight is 473 g/mol. The van der Waals surface area contributed by atoms with Crippen molar-refractivity contribution in [3.05, 3.63) is 48.5 Å². The van der Waals surface area contributed by atoms with Crippen molar-refractivity contribution in [3.63, 3.8) is 0 Å². The zero-order valence-electron chi connectivity index (χ0n) is 18.0. The summed E-state index contributed by atoms with van der Waals surface area (Å²) in [7, 11) is -2.37. The average Bonchev–Trinajstić information content (AvgIpc) is 3.20. The topological polar surface area (TPSA) is 125 Å². The molecule has 2 aliphatic heterocycles. The van der Waals surface area contributed by atoms with Crippen molar-refractivity contribution in [2.45, 2.75) is 11.3 Å². The van der Waals surface area contributed by atoms with Crippen LogP contribution >= 0.6 is 0 Å². The van der Waals surface area contributed by atoms with Gasteiger partial charge in [0.15, 0.2) is 0 Å². The highest BCUT2D eigenvalue weighted by Gasteiger charge is 2.36. The van der Waals surface area contributed by atoms with Gasteiger partial charge in [-0.15, -0.1) is 0 Å². The van der Waals surface area contributed by atoms with Crippen LogP contribution in [0.1, 0.15) is 6.42 Å². The van der Waals surface area contributed by atoms with Gasteiger partial charge in [-0.25, -0.2) is 8.42 Å². The lowest BCUT2D eigenvalue weighted by molar-refractivity contribution is -0.122. The Kier molecular flexibility index (Phi) is 6.34. The van der Waals surface area contributed by atoms with E-state index in [1.54, 1.807) is 30.3 Å². The number of ether oxygens (including phenoxy) is 1. The van der Waals surface area contributed by atoms with E-state index >= 15 is 0 Å². The van der Waals surface area contributed by atoms with Crippen molar-refractivity contribution in [1.29, 1.82) is 0 Å². The Morgan fingerprint density at radius 2 is 1.94 bits per heavy atom. The van der Waals surface area contributed by atoms with Crippen molar-refractivity contribution in [2.75, 3.05) is 43.5 Å². The molecule has 2 saturated heterocycles. The Morgan fingerprint density at radius 3 is 2.70 bits per heavy atom. The van der Waals surface area contributed by atoms with Gasteiger partial charge in [0.25, 0.3) is 0 Å². The number of methoxy groups -OCH3 is 1. The number of rotatable bonds is 6. The van der Waals surface area contributed by atoms with Crippen LogP contribution in [0.25, 0.3) is 0 Å². The normalized spacial score (nSPS) is 19.3. The minimum absolute atomic E-state index is 0.0202. The number of anilines is 2. The van der Waals surface area contributed by atoms with Gasteiger partial charge in [-0.3, -0.25) is 14.4 Å². The number of para-hydroxylation sites is 2. The van der Waals surface area contributed by atoms with Crippen molar-refractivity contribution in [3.8, 4) is 5.75 Å². The highest BCUT2D eigenvalue weighted by Crippen LogP contribution is 2.33. The van der Waals surface area contributed by atoms with Gasteiger partial charge in [-0.2, -0.15) is 4.31 Å². The molecule has 2 aromatic carbocycles. The molecule has 1 atom stereocenters. The minimum atomic E-state index is -3.89. The number of nitrogens with one attached hydrogen (secondary N) is 2. The van der Waals surface area contributed by atoms with Gasteiger partial charge in [0.2, 0.25) is 27.7 Å². The molecule has 11 heteroatoms. The monoisotopic (exact) mass is 472 g/mol. The van der Waals surface area contributed by atoms with E-state index in [2.05, 4.69) is 10.6 Å². The maximum absolute atomic E-state index is 12.9. The molecule has 0 aromatic heterocycles. The third kappa shape index (κ3) is 4.69. The number of hydrogen-bond donors (Lipinski definition) is 2. The van der Waals surface area contributed by atoms with Crippen LogP contribution in [0.2, 0.25) is 0 Å². The summed E-state index contributed by atoms with van der Waals surface area (Å²) in [5.74, 6) is -1.00. The number of nitrogens with zero attached hydrogens (tertiary/aromatic N) is 2. The second-order valence-corrected chi connectivity index (χ2v) is 9.72. The molecule has 10 nitrogen and oxygen atoms in total. The molecule has 2 aliphatic rings. The number of carbonyl (C=O) groups is 3. The van der Waals surface area contributed by atoms with Gasteiger partial charge in [0.1, 0.15) is 5.75 Å². The Morgan fingerprint density at radius 1 is 1.15 bits per heavy atom. The van der Waals surface area contributed by atoms with Crippen molar-refractivity contribution in [1.82, 2.24) is 9.62 Å². The Hall–Kier alpha value is -3.44. The molecule has 33 heavy (non-hydrogen) atoms. The molecule has 2 heterocycles. The molecule has 3 amide bonds. The molecule has 0 spiro atoms. The molecule has 2 fully saturated rings. The largest absolute Gasteiger partial charge is 0.495 e. The lowest BCUT2D eigenvalue weighted by Crippen LogP contribution is -2.49. The molecule has 174 valence electrons. The van der Waals surface area contributed by atoms with Gasteiger partial charge in [0, 0.05) is 31.7 Å². The summed E-state index contributed by atoms with van der Waals surface area (Å²) in [5, 5.41) is 5.31. The number of piperazine rings is 1. The fourth-order valence-electron chi connectivity index (χ4n) is 3.92. The first-order valence-electron chi connectivity index (χ1n) is 10.4. The van der Waals surface area contributed by atoms with E-state index in [0.29, 0.717) is 17.1 Å². The van der Waals surface area contributed by atoms with Crippen LogP contribution in [0.3, 0.4) is 0 Å². The zero-order chi connectivity index (χ0) is 23.6. The summed E-state index contributed by atoms with van der Waals surface area (Å²) < 4.78 is 32.2. The lowest BCUT2D eigenvalue weighted by Gasteiger charge is -2.26. The fraction of sp³-hybridized carbons (Fsp3) is 0.318. The maximum Gasteiger partial charge on any atom is 0.243 e. The van der Waals surface area contributed by atoms with Crippen LogP contribution in [0.15, 0.2) is 53.4 Å². The van der Waals surface area contributed by atoms with Gasteiger partial charge < -0.3 is 20.3 Å². The molecule has 1 unspecified atom stereocenters. The summed E-state index contributed by atoms with van der Waals surface area (Å²) in [6.07, 6.45) is 0.0325. The van der Waals surface area contributed by atoms with Crippen LogP contribution in [0, 0.1) is 5.92 Å². The van der Waals surface area contributed by atoms with E-state index in [-0.39, 0.29) is 55.2 Å². The predicted molar refractivity (Wildman–Crippen MR) is 120 cm³/mol. The molecule has 0 saturated carbocycles. The first-order valence-corrected chi connectivity index (χ1v) is 11.8. The standard InChI is InChI=1S/C22H24N4O6S/c1-32-19-8-3-2-7-18(19)26-13-15(11-21(26)28)22(29)24-16-5-4-6-17(12-16)33(30,31)25-10-9-23-20(27)14-25/h2-8,12,15H,9-11,13-14H2,1H3,(H,23,27)(H,24,29). The summed E-state index contributed by atoms with van der Waals surface area (Å²) >= 11 is 0. The zero-order valence-corrected chi connectivity index (χ0v) is 18.8. The summed E-state index contributed by atoms with van der Waals surface area (Å²) in [5.41, 5.74) is 0.893. The fourth-order valence-corrected chi connectivity index (χ4v) is 5.36. The molecular formula is C22H24N4O6S. The summed E-state index contributed by atoms with van der Waals surface area (Å²) in [6.45, 7) is 0.355. The van der Waals surface area contributed by atoms with Gasteiger partial charge in [-0.1, -0.05) is 18.2 Å². The molecule has 0 bridgehead atoms. The first kappa shape index (κ1) is 22.7. The van der Waals surface area contributed by atoms with Crippen LogP contribution in [0.5, 0.6) is 5.75 Å². The van der Waals surface area contributed by atoms with Gasteiger partial charge in [0.05, 0.1) is 30.2 Å². The lowest BCUT2D eigenvalue weighted by atomic mass is 10.1. The van der Waals surface area contributed by atoms with E-state index in [1.165, 1.54) is 30.2 Å². The highest BCUT2D eigenvalue weighted by atomic mass is 32.2. The Balaban J connectivity index is 1.47. The number of carbonyl (C=O) groups excluding carboxylic acids is 3. The van der Waals surface area contributed by atoms with Crippen LogP contribution in [-0.4, -0.2) is 63.7 Å². The smallest absolute Gasteiger partial charge is 0.243 e. The van der Waals surface area contributed by atoms with E-state index < -0.39 is 15.9 Å². The maximum atomic E-state index is 12.9. The number of hydrogen-bond acceptors (Lipinski definition) is 6. The van der Waals surface area contributed by atoms with E-state index in [1.807, 2.05) is 0 Å². The number of benzene rings is 2.